The van der Waals surface area contributed by atoms with E-state index in [1.807, 2.05) is 32.0 Å². The topological polar surface area (TPSA) is 81.1 Å². The summed E-state index contributed by atoms with van der Waals surface area (Å²) in [6.07, 6.45) is 3.88. The van der Waals surface area contributed by atoms with Crippen LogP contribution < -0.4 is 16.8 Å². The van der Waals surface area contributed by atoms with Gasteiger partial charge in [0.05, 0.1) is 16.9 Å². The van der Waals surface area contributed by atoms with Gasteiger partial charge in [-0.15, -0.1) is 0 Å². The molecular formula is C24H27F2N3O. The van der Waals surface area contributed by atoms with Crippen molar-refractivity contribution in [3.8, 4) is 0 Å². The lowest BCUT2D eigenvalue weighted by molar-refractivity contribution is 0.102. The van der Waals surface area contributed by atoms with Crippen LogP contribution in [0.2, 0.25) is 0 Å². The van der Waals surface area contributed by atoms with Gasteiger partial charge in [-0.2, -0.15) is 0 Å². The number of nitrogens with two attached hydrogens (primary N) is 2. The van der Waals surface area contributed by atoms with Crippen molar-refractivity contribution in [1.82, 2.24) is 0 Å². The van der Waals surface area contributed by atoms with Crippen LogP contribution in [-0.4, -0.2) is 5.78 Å². The number of nitrogen functional groups attached to an aromatic ring is 1. The maximum Gasteiger partial charge on any atom is 0.200 e. The minimum absolute atomic E-state index is 0.0163. The van der Waals surface area contributed by atoms with Gasteiger partial charge >= 0.3 is 0 Å². The van der Waals surface area contributed by atoms with Gasteiger partial charge in [0.15, 0.2) is 0 Å². The minimum atomic E-state index is -0.925. The van der Waals surface area contributed by atoms with E-state index in [2.05, 4.69) is 5.32 Å². The van der Waals surface area contributed by atoms with Crippen LogP contribution in [0, 0.1) is 18.6 Å². The third-order valence-corrected chi connectivity index (χ3v) is 4.82. The van der Waals surface area contributed by atoms with Crippen LogP contribution in [0.15, 0.2) is 71.1 Å². The molecule has 0 aliphatic rings. The molecule has 0 fully saturated rings. The lowest BCUT2D eigenvalue weighted by Crippen LogP contribution is -2.13. The molecule has 0 spiro atoms. The Hall–Kier alpha value is -3.41. The summed E-state index contributed by atoms with van der Waals surface area (Å²) in [6, 6.07) is 9.64. The van der Waals surface area contributed by atoms with E-state index in [9.17, 15) is 13.6 Å². The number of benzene rings is 2. The summed E-state index contributed by atoms with van der Waals surface area (Å²) < 4.78 is 28.7. The maximum absolute atomic E-state index is 14.5. The number of para-hydroxylation sites is 2. The number of rotatable bonds is 7. The summed E-state index contributed by atoms with van der Waals surface area (Å²) in [7, 11) is 0. The number of Topliss-reactive ketones (excluding diaryl/α,β-unsaturated/α-hetero) is 1. The highest BCUT2D eigenvalue weighted by Gasteiger charge is 2.22. The van der Waals surface area contributed by atoms with Gasteiger partial charge in [-0.3, -0.25) is 4.79 Å². The second-order valence-corrected chi connectivity index (χ2v) is 7.07. The number of aryl methyl sites for hydroxylation is 1. The van der Waals surface area contributed by atoms with Crippen molar-refractivity contribution in [2.24, 2.45) is 5.73 Å². The summed E-state index contributed by atoms with van der Waals surface area (Å²) >= 11 is 0. The van der Waals surface area contributed by atoms with E-state index in [4.69, 9.17) is 11.5 Å². The van der Waals surface area contributed by atoms with Crippen LogP contribution >= 0.6 is 0 Å². The molecule has 2 aromatic carbocycles. The van der Waals surface area contributed by atoms with E-state index >= 15 is 0 Å². The molecule has 0 bridgehead atoms. The van der Waals surface area contributed by atoms with Crippen LogP contribution in [0.4, 0.5) is 20.2 Å². The molecule has 2 rings (SSSR count). The fourth-order valence-corrected chi connectivity index (χ4v) is 2.79. The maximum atomic E-state index is 14.5. The molecule has 30 heavy (non-hydrogen) atoms. The molecule has 6 heteroatoms. The third-order valence-electron chi connectivity index (χ3n) is 4.82. The standard InChI is InChI=1S/C24H27F2N3O/c1-5-14(2)20(29-21-9-7-6-8-19(21)28)13-11-17(16(4)27)24(30)22-18(25)12-10-15(3)23(22)26/h6-13,29H,5,27-28H2,1-4H3/b13-11-,17-16-,20-14-. The van der Waals surface area contributed by atoms with Crippen molar-refractivity contribution in [2.75, 3.05) is 11.1 Å². The largest absolute Gasteiger partial charge is 0.402 e. The number of hydrogen-bond acceptors (Lipinski definition) is 4. The first-order chi connectivity index (χ1) is 14.2. The Labute approximate surface area is 176 Å². The normalized spacial score (nSPS) is 13.1. The van der Waals surface area contributed by atoms with Gasteiger partial charge in [-0.25, -0.2) is 8.78 Å². The first-order valence-corrected chi connectivity index (χ1v) is 9.62. The zero-order chi connectivity index (χ0) is 22.4. The monoisotopic (exact) mass is 411 g/mol. The number of carbonyl (C=O) groups is 1. The van der Waals surface area contributed by atoms with E-state index in [0.717, 1.165) is 18.1 Å². The Bertz CT molecular complexity index is 1050. The molecule has 0 saturated carbocycles. The Morgan fingerprint density at radius 3 is 2.37 bits per heavy atom. The fraction of sp³-hybridized carbons (Fsp3) is 0.208. The Balaban J connectivity index is 2.46. The summed E-state index contributed by atoms with van der Waals surface area (Å²) in [5.74, 6) is -2.62. The smallest absolute Gasteiger partial charge is 0.200 e. The second-order valence-electron chi connectivity index (χ2n) is 7.07. The summed E-state index contributed by atoms with van der Waals surface area (Å²) in [5, 5.41) is 3.25. The van der Waals surface area contributed by atoms with E-state index in [-0.39, 0.29) is 16.8 Å². The van der Waals surface area contributed by atoms with Gasteiger partial charge in [0, 0.05) is 17.0 Å². The summed E-state index contributed by atoms with van der Waals surface area (Å²) in [4.78, 5) is 12.9. The van der Waals surface area contributed by atoms with Crippen LogP contribution in [0.1, 0.15) is 43.1 Å². The predicted octanol–water partition coefficient (Wildman–Crippen LogP) is 5.62. The van der Waals surface area contributed by atoms with Gasteiger partial charge in [-0.1, -0.05) is 30.7 Å². The number of hydrogen-bond donors (Lipinski definition) is 3. The van der Waals surface area contributed by atoms with Crippen molar-refractivity contribution in [3.63, 3.8) is 0 Å². The van der Waals surface area contributed by atoms with Crippen molar-refractivity contribution in [1.29, 1.82) is 0 Å². The SMILES string of the molecule is CC/C(C)=C(/C=C\C(C(=O)c1c(F)ccc(C)c1F)=C(/C)N)Nc1ccccc1N. The van der Waals surface area contributed by atoms with Crippen LogP contribution in [0.5, 0.6) is 0 Å². The quantitative estimate of drug-likeness (QED) is 0.239. The van der Waals surface area contributed by atoms with Gasteiger partial charge in [0.25, 0.3) is 0 Å². The first kappa shape index (κ1) is 22.9. The number of anilines is 2. The minimum Gasteiger partial charge on any atom is -0.402 e. The highest BCUT2D eigenvalue weighted by Crippen LogP contribution is 2.24. The molecule has 0 radical (unpaired) electrons. The summed E-state index contributed by atoms with van der Waals surface area (Å²) in [5.41, 5.74) is 14.6. The molecule has 2 aromatic rings. The molecule has 0 unspecified atom stereocenters. The molecule has 0 saturated heterocycles. The summed E-state index contributed by atoms with van der Waals surface area (Å²) in [6.45, 7) is 6.92. The molecule has 0 aliphatic carbocycles. The lowest BCUT2D eigenvalue weighted by Gasteiger charge is -2.14. The van der Waals surface area contributed by atoms with Gasteiger partial charge in [-0.05, 0) is 63.1 Å². The molecule has 158 valence electrons. The van der Waals surface area contributed by atoms with Crippen molar-refractivity contribution < 1.29 is 13.6 Å². The van der Waals surface area contributed by atoms with Gasteiger partial charge < -0.3 is 16.8 Å². The highest BCUT2D eigenvalue weighted by molar-refractivity contribution is 6.11. The van der Waals surface area contributed by atoms with Gasteiger partial charge in [0.2, 0.25) is 5.78 Å². The van der Waals surface area contributed by atoms with E-state index in [1.165, 1.54) is 26.0 Å². The number of ketones is 1. The molecule has 0 amide bonds. The Morgan fingerprint density at radius 2 is 1.77 bits per heavy atom. The fourth-order valence-electron chi connectivity index (χ4n) is 2.79. The van der Waals surface area contributed by atoms with Crippen LogP contribution in [0.3, 0.4) is 0 Å². The second kappa shape index (κ2) is 9.87. The molecule has 0 aliphatic heterocycles. The number of halogens is 2. The van der Waals surface area contributed by atoms with Crippen LogP contribution in [-0.2, 0) is 0 Å². The van der Waals surface area contributed by atoms with Gasteiger partial charge in [0.1, 0.15) is 11.6 Å². The van der Waals surface area contributed by atoms with Crippen LogP contribution in [0.25, 0.3) is 0 Å². The van der Waals surface area contributed by atoms with E-state index in [0.29, 0.717) is 17.1 Å². The third kappa shape index (κ3) is 5.14. The molecular weight excluding hydrogens is 384 g/mol. The van der Waals surface area contributed by atoms with Crippen molar-refractivity contribution >= 4 is 17.2 Å². The average Bonchev–Trinajstić information content (AvgIpc) is 2.71. The highest BCUT2D eigenvalue weighted by atomic mass is 19.1. The Kier molecular flexibility index (Phi) is 7.53. The van der Waals surface area contributed by atoms with E-state index < -0.39 is 23.0 Å². The molecule has 0 heterocycles. The zero-order valence-electron chi connectivity index (χ0n) is 17.6. The number of allylic oxidation sites excluding steroid dienone is 5. The molecule has 4 nitrogen and oxygen atoms in total. The zero-order valence-corrected chi connectivity index (χ0v) is 17.6. The van der Waals surface area contributed by atoms with Crippen molar-refractivity contribution in [3.05, 3.63) is 93.9 Å². The average molecular weight is 411 g/mol. The lowest BCUT2D eigenvalue weighted by atomic mass is 9.98. The number of nitrogens with one attached hydrogen (secondary N) is 1. The molecule has 0 aromatic heterocycles. The molecule has 0 atom stereocenters. The predicted molar refractivity (Wildman–Crippen MR) is 119 cm³/mol. The van der Waals surface area contributed by atoms with E-state index in [1.54, 1.807) is 12.1 Å². The number of carbonyl (C=O) groups excluding carboxylic acids is 1. The Morgan fingerprint density at radius 1 is 1.10 bits per heavy atom. The first-order valence-electron chi connectivity index (χ1n) is 9.62. The molecule has 5 N–H and O–H groups in total. The van der Waals surface area contributed by atoms with Crippen molar-refractivity contribution in [2.45, 2.75) is 34.1 Å².